The van der Waals surface area contributed by atoms with E-state index in [9.17, 15) is 4.79 Å². The Kier molecular flexibility index (Phi) is 3.47. The van der Waals surface area contributed by atoms with Gasteiger partial charge in [-0.3, -0.25) is 4.79 Å². The van der Waals surface area contributed by atoms with Crippen LogP contribution in [-0.2, 0) is 11.3 Å². The molecule has 0 bridgehead atoms. The van der Waals surface area contributed by atoms with E-state index >= 15 is 0 Å². The third-order valence-corrected chi connectivity index (χ3v) is 3.05. The van der Waals surface area contributed by atoms with Gasteiger partial charge in [0.15, 0.2) is 0 Å². The number of nitrogens with zero attached hydrogens (tertiary/aromatic N) is 1. The Bertz CT molecular complexity index is 451. The standard InChI is InChI=1S/C14H17NO2/c1-3-12-7-8-14(16)15(12)10-11-5-4-6-13(9-11)17-2/h3-6,9H,7-8,10H2,1-2H3/b12-3-. The van der Waals surface area contributed by atoms with Crippen molar-refractivity contribution < 1.29 is 9.53 Å². The fourth-order valence-electron chi connectivity index (χ4n) is 2.11. The zero-order chi connectivity index (χ0) is 12.3. The van der Waals surface area contributed by atoms with Crippen LogP contribution < -0.4 is 4.74 Å². The van der Waals surface area contributed by atoms with Crippen LogP contribution in [0.1, 0.15) is 25.3 Å². The van der Waals surface area contributed by atoms with Crippen molar-refractivity contribution >= 4 is 5.91 Å². The van der Waals surface area contributed by atoms with Gasteiger partial charge in [-0.05, 0) is 31.0 Å². The molecule has 0 aliphatic carbocycles. The van der Waals surface area contributed by atoms with Gasteiger partial charge >= 0.3 is 0 Å². The first-order valence-corrected chi connectivity index (χ1v) is 5.83. The van der Waals surface area contributed by atoms with Crippen LogP contribution in [0, 0.1) is 0 Å². The minimum absolute atomic E-state index is 0.209. The largest absolute Gasteiger partial charge is 0.497 e. The molecule has 1 amide bonds. The van der Waals surface area contributed by atoms with Gasteiger partial charge in [0.25, 0.3) is 0 Å². The quantitative estimate of drug-likeness (QED) is 0.800. The molecule has 0 aromatic heterocycles. The molecule has 1 aliphatic rings. The lowest BCUT2D eigenvalue weighted by atomic mass is 10.2. The summed E-state index contributed by atoms with van der Waals surface area (Å²) in [5.41, 5.74) is 2.22. The molecule has 0 spiro atoms. The first-order chi connectivity index (χ1) is 8.24. The smallest absolute Gasteiger partial charge is 0.227 e. The molecule has 0 unspecified atom stereocenters. The number of rotatable bonds is 3. The number of allylic oxidation sites excluding steroid dienone is 2. The topological polar surface area (TPSA) is 29.5 Å². The second-order valence-electron chi connectivity index (χ2n) is 4.11. The highest BCUT2D eigenvalue weighted by atomic mass is 16.5. The second kappa shape index (κ2) is 5.04. The predicted octanol–water partition coefficient (Wildman–Crippen LogP) is 2.72. The lowest BCUT2D eigenvalue weighted by molar-refractivity contribution is -0.127. The number of hydrogen-bond donors (Lipinski definition) is 0. The van der Waals surface area contributed by atoms with Crippen LogP contribution >= 0.6 is 0 Å². The molecule has 0 radical (unpaired) electrons. The van der Waals surface area contributed by atoms with Crippen molar-refractivity contribution in [2.24, 2.45) is 0 Å². The van der Waals surface area contributed by atoms with E-state index in [1.54, 1.807) is 7.11 Å². The molecule has 2 rings (SSSR count). The van der Waals surface area contributed by atoms with E-state index in [2.05, 4.69) is 0 Å². The fraction of sp³-hybridized carbons (Fsp3) is 0.357. The molecule has 1 saturated heterocycles. The summed E-state index contributed by atoms with van der Waals surface area (Å²) in [5.74, 6) is 1.04. The summed E-state index contributed by atoms with van der Waals surface area (Å²) < 4.78 is 5.18. The van der Waals surface area contributed by atoms with Crippen LogP contribution in [0.25, 0.3) is 0 Å². The Labute approximate surface area is 102 Å². The molecule has 0 atom stereocenters. The highest BCUT2D eigenvalue weighted by Gasteiger charge is 2.24. The second-order valence-corrected chi connectivity index (χ2v) is 4.11. The van der Waals surface area contributed by atoms with E-state index in [0.717, 1.165) is 23.4 Å². The summed E-state index contributed by atoms with van der Waals surface area (Å²) in [6.45, 7) is 2.61. The molecule has 1 aromatic rings. The van der Waals surface area contributed by atoms with Gasteiger partial charge in [0, 0.05) is 12.1 Å². The van der Waals surface area contributed by atoms with Gasteiger partial charge in [-0.2, -0.15) is 0 Å². The third kappa shape index (κ3) is 2.49. The average Bonchev–Trinajstić information content (AvgIpc) is 2.71. The Balaban J connectivity index is 2.16. The number of carbonyl (C=O) groups is 1. The average molecular weight is 231 g/mol. The Hall–Kier alpha value is -1.77. The number of benzene rings is 1. The number of ether oxygens (including phenoxy) is 1. The molecule has 0 saturated carbocycles. The maximum absolute atomic E-state index is 11.8. The molecule has 1 heterocycles. The molecular weight excluding hydrogens is 214 g/mol. The molecule has 0 N–H and O–H groups in total. The molecular formula is C14H17NO2. The van der Waals surface area contributed by atoms with E-state index in [-0.39, 0.29) is 5.91 Å². The summed E-state index contributed by atoms with van der Waals surface area (Å²) in [7, 11) is 1.65. The van der Waals surface area contributed by atoms with E-state index in [4.69, 9.17) is 4.74 Å². The van der Waals surface area contributed by atoms with Gasteiger partial charge in [-0.25, -0.2) is 0 Å². The highest BCUT2D eigenvalue weighted by Crippen LogP contribution is 2.25. The van der Waals surface area contributed by atoms with E-state index in [1.807, 2.05) is 42.2 Å². The van der Waals surface area contributed by atoms with Crippen LogP contribution in [-0.4, -0.2) is 17.9 Å². The summed E-state index contributed by atoms with van der Waals surface area (Å²) in [4.78, 5) is 13.6. The van der Waals surface area contributed by atoms with Gasteiger partial charge in [0.2, 0.25) is 5.91 Å². The van der Waals surface area contributed by atoms with Gasteiger partial charge < -0.3 is 9.64 Å². The van der Waals surface area contributed by atoms with Gasteiger partial charge in [0.05, 0.1) is 13.7 Å². The van der Waals surface area contributed by atoms with E-state index < -0.39 is 0 Å². The highest BCUT2D eigenvalue weighted by molar-refractivity contribution is 5.81. The molecule has 1 fully saturated rings. The summed E-state index contributed by atoms with van der Waals surface area (Å²) in [6, 6.07) is 7.84. The summed E-state index contributed by atoms with van der Waals surface area (Å²) >= 11 is 0. The lowest BCUT2D eigenvalue weighted by Crippen LogP contribution is -2.22. The monoisotopic (exact) mass is 231 g/mol. The Morgan fingerprint density at radius 1 is 1.41 bits per heavy atom. The molecule has 1 aromatic carbocycles. The normalized spacial score (nSPS) is 17.9. The first kappa shape index (κ1) is 11.7. The molecule has 17 heavy (non-hydrogen) atoms. The zero-order valence-corrected chi connectivity index (χ0v) is 10.3. The maximum atomic E-state index is 11.8. The van der Waals surface area contributed by atoms with E-state index in [0.29, 0.717) is 13.0 Å². The number of likely N-dealkylation sites (tertiary alicyclic amines) is 1. The lowest BCUT2D eigenvalue weighted by Gasteiger charge is -2.18. The van der Waals surface area contributed by atoms with Crippen molar-refractivity contribution in [3.63, 3.8) is 0 Å². The predicted molar refractivity (Wildman–Crippen MR) is 66.5 cm³/mol. The minimum atomic E-state index is 0.209. The van der Waals surface area contributed by atoms with Crippen molar-refractivity contribution in [2.45, 2.75) is 26.3 Å². The molecule has 1 aliphatic heterocycles. The van der Waals surface area contributed by atoms with Gasteiger partial charge in [-0.1, -0.05) is 18.2 Å². The van der Waals surface area contributed by atoms with Crippen LogP contribution in [0.15, 0.2) is 36.0 Å². The summed E-state index contributed by atoms with van der Waals surface area (Å²) in [6.07, 6.45) is 3.51. The van der Waals surface area contributed by atoms with Crippen LogP contribution in [0.2, 0.25) is 0 Å². The Morgan fingerprint density at radius 3 is 2.94 bits per heavy atom. The molecule has 3 nitrogen and oxygen atoms in total. The SMILES string of the molecule is C/C=C1/CCC(=O)N1Cc1cccc(OC)c1. The van der Waals surface area contributed by atoms with Crippen molar-refractivity contribution in [1.29, 1.82) is 0 Å². The van der Waals surface area contributed by atoms with Crippen molar-refractivity contribution in [3.8, 4) is 5.75 Å². The van der Waals surface area contributed by atoms with Crippen LogP contribution in [0.5, 0.6) is 5.75 Å². The fourth-order valence-corrected chi connectivity index (χ4v) is 2.11. The van der Waals surface area contributed by atoms with Crippen LogP contribution in [0.3, 0.4) is 0 Å². The zero-order valence-electron chi connectivity index (χ0n) is 10.3. The molecule has 3 heteroatoms. The van der Waals surface area contributed by atoms with Gasteiger partial charge in [-0.15, -0.1) is 0 Å². The van der Waals surface area contributed by atoms with E-state index in [1.165, 1.54) is 0 Å². The van der Waals surface area contributed by atoms with Crippen molar-refractivity contribution in [2.75, 3.05) is 7.11 Å². The molecule has 90 valence electrons. The van der Waals surface area contributed by atoms with Crippen molar-refractivity contribution in [3.05, 3.63) is 41.6 Å². The number of methoxy groups -OCH3 is 1. The first-order valence-electron chi connectivity index (χ1n) is 5.83. The minimum Gasteiger partial charge on any atom is -0.497 e. The van der Waals surface area contributed by atoms with Crippen LogP contribution in [0.4, 0.5) is 0 Å². The number of carbonyl (C=O) groups excluding carboxylic acids is 1. The maximum Gasteiger partial charge on any atom is 0.227 e. The van der Waals surface area contributed by atoms with Gasteiger partial charge in [0.1, 0.15) is 5.75 Å². The Morgan fingerprint density at radius 2 is 2.24 bits per heavy atom. The number of hydrogen-bond acceptors (Lipinski definition) is 2. The van der Waals surface area contributed by atoms with Crippen molar-refractivity contribution in [1.82, 2.24) is 4.90 Å². The number of amides is 1. The summed E-state index contributed by atoms with van der Waals surface area (Å²) in [5, 5.41) is 0. The third-order valence-electron chi connectivity index (χ3n) is 3.05.